The normalized spacial score (nSPS) is 13.5. The largest absolute Gasteiger partial charge is 0.481 e. The van der Waals surface area contributed by atoms with Gasteiger partial charge in [-0.05, 0) is 48.9 Å². The van der Waals surface area contributed by atoms with Crippen molar-refractivity contribution in [1.29, 1.82) is 0 Å². The quantitative estimate of drug-likeness (QED) is 0.466. The number of rotatable bonds is 10. The number of ether oxygens (including phenoxy) is 1. The first-order valence-corrected chi connectivity index (χ1v) is 11.3. The molecule has 7 nitrogen and oxygen atoms in total. The molecular weight excluding hydrogens is 420 g/mol. The molecule has 1 atom stereocenters. The number of nitrogens with one attached hydrogen (secondary N) is 2. The highest BCUT2D eigenvalue weighted by Gasteiger charge is 2.30. The molecule has 33 heavy (non-hydrogen) atoms. The van der Waals surface area contributed by atoms with Crippen molar-refractivity contribution in [3.63, 3.8) is 0 Å². The summed E-state index contributed by atoms with van der Waals surface area (Å²) >= 11 is 0. The van der Waals surface area contributed by atoms with Crippen molar-refractivity contribution in [2.75, 3.05) is 13.2 Å². The SMILES string of the molecule is CC(CCCNC(=O)CC(C)(C)NC(=O)OCC1c2ccccc2-c2ccccc21)C(=O)O. The van der Waals surface area contributed by atoms with Gasteiger partial charge in [-0.1, -0.05) is 55.5 Å². The van der Waals surface area contributed by atoms with Gasteiger partial charge in [0.1, 0.15) is 6.61 Å². The fourth-order valence-corrected chi connectivity index (χ4v) is 4.18. The molecule has 0 spiro atoms. The Morgan fingerprint density at radius 2 is 1.61 bits per heavy atom. The predicted molar refractivity (Wildman–Crippen MR) is 126 cm³/mol. The van der Waals surface area contributed by atoms with Crippen molar-refractivity contribution >= 4 is 18.0 Å². The van der Waals surface area contributed by atoms with Crippen LogP contribution in [-0.2, 0) is 14.3 Å². The van der Waals surface area contributed by atoms with Crippen molar-refractivity contribution in [2.24, 2.45) is 5.92 Å². The lowest BCUT2D eigenvalue weighted by Gasteiger charge is -2.26. The molecule has 3 N–H and O–H groups in total. The average Bonchev–Trinajstić information content (AvgIpc) is 3.08. The van der Waals surface area contributed by atoms with Gasteiger partial charge in [0.15, 0.2) is 0 Å². The molecule has 176 valence electrons. The number of carboxylic acids is 1. The van der Waals surface area contributed by atoms with E-state index in [1.165, 1.54) is 0 Å². The first kappa shape index (κ1) is 24.3. The van der Waals surface area contributed by atoms with Gasteiger partial charge in [-0.25, -0.2) is 4.79 Å². The molecule has 0 heterocycles. The molecule has 7 heteroatoms. The zero-order chi connectivity index (χ0) is 24.0. The first-order chi connectivity index (χ1) is 15.7. The molecule has 0 fully saturated rings. The summed E-state index contributed by atoms with van der Waals surface area (Å²) in [7, 11) is 0. The number of aliphatic carboxylic acids is 1. The van der Waals surface area contributed by atoms with E-state index in [0.29, 0.717) is 19.4 Å². The molecular formula is C26H32N2O5. The van der Waals surface area contributed by atoms with E-state index in [1.54, 1.807) is 20.8 Å². The molecule has 2 amide bonds. The number of alkyl carbamates (subject to hydrolysis) is 1. The Labute approximate surface area is 194 Å². The van der Waals surface area contributed by atoms with Gasteiger partial charge < -0.3 is 20.5 Å². The molecule has 0 bridgehead atoms. The molecule has 2 aromatic carbocycles. The fourth-order valence-electron chi connectivity index (χ4n) is 4.18. The lowest BCUT2D eigenvalue weighted by Crippen LogP contribution is -2.47. The van der Waals surface area contributed by atoms with E-state index in [1.807, 2.05) is 24.3 Å². The van der Waals surface area contributed by atoms with Crippen LogP contribution in [0.4, 0.5) is 4.79 Å². The summed E-state index contributed by atoms with van der Waals surface area (Å²) in [6, 6.07) is 16.3. The highest BCUT2D eigenvalue weighted by atomic mass is 16.5. The van der Waals surface area contributed by atoms with Gasteiger partial charge >= 0.3 is 12.1 Å². The minimum Gasteiger partial charge on any atom is -0.481 e. The Hall–Kier alpha value is -3.35. The molecule has 2 aromatic rings. The van der Waals surface area contributed by atoms with Gasteiger partial charge in [0.2, 0.25) is 5.91 Å². The van der Waals surface area contributed by atoms with Crippen LogP contribution in [0.1, 0.15) is 57.1 Å². The summed E-state index contributed by atoms with van der Waals surface area (Å²) < 4.78 is 5.57. The van der Waals surface area contributed by atoms with Crippen LogP contribution in [-0.4, -0.2) is 41.8 Å². The number of benzene rings is 2. The average molecular weight is 453 g/mol. The zero-order valence-electron chi connectivity index (χ0n) is 19.4. The van der Waals surface area contributed by atoms with Gasteiger partial charge in [0.25, 0.3) is 0 Å². The van der Waals surface area contributed by atoms with Gasteiger partial charge in [-0.3, -0.25) is 9.59 Å². The summed E-state index contributed by atoms with van der Waals surface area (Å²) in [6.45, 7) is 5.79. The van der Waals surface area contributed by atoms with Crippen LogP contribution in [0.2, 0.25) is 0 Å². The summed E-state index contributed by atoms with van der Waals surface area (Å²) in [6.07, 6.45) is 0.604. The molecule has 1 aliphatic rings. The number of carbonyl (C=O) groups is 3. The minimum atomic E-state index is -0.838. The molecule has 0 radical (unpaired) electrons. The van der Waals surface area contributed by atoms with E-state index < -0.39 is 23.5 Å². The molecule has 1 unspecified atom stereocenters. The van der Waals surface area contributed by atoms with Gasteiger partial charge in [-0.2, -0.15) is 0 Å². The Balaban J connectivity index is 1.47. The lowest BCUT2D eigenvalue weighted by molar-refractivity contribution is -0.141. The standard InChI is InChI=1S/C26H32N2O5/c1-17(24(30)31)9-8-14-27-23(29)15-26(2,3)28-25(32)33-16-22-20-12-6-4-10-18(20)19-11-5-7-13-21(19)22/h4-7,10-13,17,22H,8-9,14-16H2,1-3H3,(H,27,29)(H,28,32)(H,30,31). The third-order valence-electron chi connectivity index (χ3n) is 5.94. The van der Waals surface area contributed by atoms with Crippen LogP contribution in [0.3, 0.4) is 0 Å². The number of carbonyl (C=O) groups excluding carboxylic acids is 2. The second-order valence-corrected chi connectivity index (χ2v) is 9.24. The number of hydrogen-bond acceptors (Lipinski definition) is 4. The Kier molecular flexibility index (Phi) is 7.74. The van der Waals surface area contributed by atoms with Crippen molar-refractivity contribution in [3.05, 3.63) is 59.7 Å². The van der Waals surface area contributed by atoms with Crippen LogP contribution >= 0.6 is 0 Å². The summed E-state index contributed by atoms with van der Waals surface area (Å²) in [4.78, 5) is 35.6. The zero-order valence-corrected chi connectivity index (χ0v) is 19.4. The third-order valence-corrected chi connectivity index (χ3v) is 5.94. The number of hydrogen-bond donors (Lipinski definition) is 3. The lowest BCUT2D eigenvalue weighted by atomic mass is 9.98. The monoisotopic (exact) mass is 452 g/mol. The Morgan fingerprint density at radius 1 is 1.03 bits per heavy atom. The van der Waals surface area contributed by atoms with Crippen molar-refractivity contribution in [1.82, 2.24) is 10.6 Å². The number of amides is 2. The van der Waals surface area contributed by atoms with Gasteiger partial charge in [0, 0.05) is 24.4 Å². The minimum absolute atomic E-state index is 0.0252. The van der Waals surface area contributed by atoms with Crippen molar-refractivity contribution < 1.29 is 24.2 Å². The van der Waals surface area contributed by atoms with Crippen LogP contribution < -0.4 is 10.6 Å². The van der Waals surface area contributed by atoms with Gasteiger partial charge in [0.05, 0.1) is 5.92 Å². The molecule has 0 saturated heterocycles. The first-order valence-electron chi connectivity index (χ1n) is 11.3. The summed E-state index contributed by atoms with van der Waals surface area (Å²) in [5, 5.41) is 14.5. The summed E-state index contributed by atoms with van der Waals surface area (Å²) in [5.74, 6) is -1.51. The van der Waals surface area contributed by atoms with E-state index in [-0.39, 0.29) is 24.9 Å². The molecule has 0 aliphatic heterocycles. The van der Waals surface area contributed by atoms with Crippen LogP contribution in [0.5, 0.6) is 0 Å². The maximum absolute atomic E-state index is 12.5. The number of carboxylic acid groups (broad SMARTS) is 1. The van der Waals surface area contributed by atoms with E-state index in [4.69, 9.17) is 9.84 Å². The maximum Gasteiger partial charge on any atom is 0.407 e. The third kappa shape index (κ3) is 6.34. The summed E-state index contributed by atoms with van der Waals surface area (Å²) in [5.41, 5.74) is 3.82. The van der Waals surface area contributed by atoms with Crippen molar-refractivity contribution in [2.45, 2.75) is 51.5 Å². The smallest absolute Gasteiger partial charge is 0.407 e. The Bertz CT molecular complexity index is 972. The van der Waals surface area contributed by atoms with Crippen LogP contribution in [0, 0.1) is 5.92 Å². The second kappa shape index (κ2) is 10.5. The van der Waals surface area contributed by atoms with Crippen molar-refractivity contribution in [3.8, 4) is 11.1 Å². The van der Waals surface area contributed by atoms with Crippen LogP contribution in [0.25, 0.3) is 11.1 Å². The molecule has 0 aromatic heterocycles. The van der Waals surface area contributed by atoms with E-state index in [2.05, 4.69) is 34.9 Å². The van der Waals surface area contributed by atoms with Gasteiger partial charge in [-0.15, -0.1) is 0 Å². The maximum atomic E-state index is 12.5. The molecule has 0 saturated carbocycles. The second-order valence-electron chi connectivity index (χ2n) is 9.24. The highest BCUT2D eigenvalue weighted by Crippen LogP contribution is 2.44. The molecule has 1 aliphatic carbocycles. The highest BCUT2D eigenvalue weighted by molar-refractivity contribution is 5.80. The molecule has 3 rings (SSSR count). The number of fused-ring (bicyclic) bond motifs is 3. The van der Waals surface area contributed by atoms with Crippen LogP contribution in [0.15, 0.2) is 48.5 Å². The van der Waals surface area contributed by atoms with E-state index >= 15 is 0 Å². The van der Waals surface area contributed by atoms with E-state index in [0.717, 1.165) is 22.3 Å². The van der Waals surface area contributed by atoms with E-state index in [9.17, 15) is 14.4 Å². The fraction of sp³-hybridized carbons (Fsp3) is 0.423. The predicted octanol–water partition coefficient (Wildman–Crippen LogP) is 4.31. The topological polar surface area (TPSA) is 105 Å². The Morgan fingerprint density at radius 3 is 2.18 bits per heavy atom.